The Kier molecular flexibility index (Phi) is 1.95. The molecular weight excluding hydrogens is 134 g/mol. The Bertz CT molecular complexity index is 207. The highest BCUT2D eigenvalue weighted by atomic mass is 32.1. The van der Waals surface area contributed by atoms with Gasteiger partial charge in [0.1, 0.15) is 17.8 Å². The summed E-state index contributed by atoms with van der Waals surface area (Å²) in [4.78, 5) is 10.0. The zero-order valence-electron chi connectivity index (χ0n) is 5.20. The second kappa shape index (κ2) is 2.73. The molecule has 1 aromatic heterocycles. The first-order chi connectivity index (χ1) is 4.34. The molecule has 0 N–H and O–H groups in total. The SMILES string of the molecule is C[n+]1sccc1CC=O. The molecule has 2 nitrogen and oxygen atoms in total. The molecule has 0 saturated carbocycles. The molecular formula is C6H8NOS+. The van der Waals surface area contributed by atoms with Crippen LogP contribution in [0.4, 0.5) is 0 Å². The summed E-state index contributed by atoms with van der Waals surface area (Å²) in [5.41, 5.74) is 1.08. The molecule has 0 saturated heterocycles. The molecule has 1 aromatic rings. The minimum absolute atomic E-state index is 0.528. The Hall–Kier alpha value is -0.700. The highest BCUT2D eigenvalue weighted by Crippen LogP contribution is 1.94. The number of aldehydes is 1. The van der Waals surface area contributed by atoms with Crippen LogP contribution in [0.1, 0.15) is 5.69 Å². The number of carbonyl (C=O) groups is 1. The lowest BCUT2D eigenvalue weighted by Gasteiger charge is -1.80. The van der Waals surface area contributed by atoms with Crippen LogP contribution in [0.2, 0.25) is 0 Å². The van der Waals surface area contributed by atoms with Crippen molar-refractivity contribution < 1.29 is 8.75 Å². The summed E-state index contributed by atoms with van der Waals surface area (Å²) in [6.45, 7) is 0. The molecule has 9 heavy (non-hydrogen) atoms. The Morgan fingerprint density at radius 1 is 1.89 bits per heavy atom. The van der Waals surface area contributed by atoms with Crippen molar-refractivity contribution >= 4 is 17.8 Å². The quantitative estimate of drug-likeness (QED) is 0.430. The van der Waals surface area contributed by atoms with Gasteiger partial charge in [-0.3, -0.25) is 0 Å². The predicted octanol–water partition coefficient (Wildman–Crippen LogP) is 0.314. The van der Waals surface area contributed by atoms with Crippen molar-refractivity contribution in [2.45, 2.75) is 6.42 Å². The maximum absolute atomic E-state index is 10.0. The van der Waals surface area contributed by atoms with E-state index in [1.165, 1.54) is 0 Å². The molecule has 48 valence electrons. The van der Waals surface area contributed by atoms with E-state index in [1.54, 1.807) is 11.5 Å². The minimum atomic E-state index is 0.528. The van der Waals surface area contributed by atoms with Crippen LogP contribution in [0.15, 0.2) is 11.4 Å². The number of aryl methyl sites for hydroxylation is 1. The first kappa shape index (κ1) is 6.42. The lowest BCUT2D eigenvalue weighted by molar-refractivity contribution is -0.608. The molecule has 0 radical (unpaired) electrons. The molecule has 1 heterocycles. The molecule has 0 aliphatic rings. The Balaban J connectivity index is 2.80. The van der Waals surface area contributed by atoms with Crippen molar-refractivity contribution in [1.29, 1.82) is 0 Å². The number of nitrogens with zero attached hydrogens (tertiary/aromatic N) is 1. The third kappa shape index (κ3) is 1.36. The van der Waals surface area contributed by atoms with E-state index >= 15 is 0 Å². The number of hydrogen-bond donors (Lipinski definition) is 0. The number of hydrogen-bond acceptors (Lipinski definition) is 2. The minimum Gasteiger partial charge on any atom is -0.303 e. The fourth-order valence-corrected chi connectivity index (χ4v) is 1.33. The van der Waals surface area contributed by atoms with Gasteiger partial charge in [0.2, 0.25) is 5.69 Å². The molecule has 1 rings (SSSR count). The van der Waals surface area contributed by atoms with Crippen LogP contribution in [-0.2, 0) is 18.3 Å². The average Bonchev–Trinajstić information content (AvgIpc) is 2.18. The standard InChI is InChI=1S/C6H8NOS/c1-7-6(2-4-8)3-5-9-7/h3-5H,2H2,1H3/q+1. The van der Waals surface area contributed by atoms with Gasteiger partial charge >= 0.3 is 0 Å². The third-order valence-electron chi connectivity index (χ3n) is 1.18. The van der Waals surface area contributed by atoms with Crippen molar-refractivity contribution in [2.24, 2.45) is 7.05 Å². The Labute approximate surface area is 57.9 Å². The second-order valence-electron chi connectivity index (χ2n) is 1.77. The lowest BCUT2D eigenvalue weighted by atomic mass is 10.3. The topological polar surface area (TPSA) is 20.9 Å². The normalized spacial score (nSPS) is 9.44. The van der Waals surface area contributed by atoms with Crippen LogP contribution in [-0.4, -0.2) is 6.29 Å². The third-order valence-corrected chi connectivity index (χ3v) is 1.98. The van der Waals surface area contributed by atoms with Crippen LogP contribution in [0, 0.1) is 0 Å². The maximum Gasteiger partial charge on any atom is 0.203 e. The number of rotatable bonds is 2. The lowest BCUT2D eigenvalue weighted by Crippen LogP contribution is -2.26. The van der Waals surface area contributed by atoms with E-state index in [0.717, 1.165) is 12.0 Å². The van der Waals surface area contributed by atoms with Gasteiger partial charge in [0.05, 0.1) is 11.8 Å². The van der Waals surface area contributed by atoms with Crippen molar-refractivity contribution in [3.8, 4) is 0 Å². The van der Waals surface area contributed by atoms with Crippen LogP contribution in [0.25, 0.3) is 0 Å². The van der Waals surface area contributed by atoms with Gasteiger partial charge in [0, 0.05) is 6.07 Å². The van der Waals surface area contributed by atoms with Gasteiger partial charge in [-0.25, -0.2) is 0 Å². The van der Waals surface area contributed by atoms with Crippen LogP contribution in [0.3, 0.4) is 0 Å². The van der Waals surface area contributed by atoms with Gasteiger partial charge in [-0.05, 0) is 0 Å². The largest absolute Gasteiger partial charge is 0.303 e. The van der Waals surface area contributed by atoms with Gasteiger partial charge in [-0.15, -0.1) is 3.96 Å². The summed E-state index contributed by atoms with van der Waals surface area (Å²) in [6.07, 6.45) is 1.45. The zero-order chi connectivity index (χ0) is 6.69. The molecule has 0 aliphatic carbocycles. The fraction of sp³-hybridized carbons (Fsp3) is 0.333. The fourth-order valence-electron chi connectivity index (χ4n) is 0.655. The summed E-state index contributed by atoms with van der Waals surface area (Å²) in [7, 11) is 1.95. The molecule has 0 spiro atoms. The van der Waals surface area contributed by atoms with E-state index in [1.807, 2.05) is 22.5 Å². The van der Waals surface area contributed by atoms with E-state index in [0.29, 0.717) is 6.42 Å². The van der Waals surface area contributed by atoms with E-state index in [-0.39, 0.29) is 0 Å². The van der Waals surface area contributed by atoms with Gasteiger partial charge < -0.3 is 4.79 Å². The van der Waals surface area contributed by atoms with Gasteiger partial charge in [0.15, 0.2) is 7.05 Å². The smallest absolute Gasteiger partial charge is 0.203 e. The Morgan fingerprint density at radius 2 is 2.67 bits per heavy atom. The zero-order valence-corrected chi connectivity index (χ0v) is 6.02. The summed E-state index contributed by atoms with van der Waals surface area (Å²) in [5.74, 6) is 0. The molecule has 0 aliphatic heterocycles. The van der Waals surface area contributed by atoms with E-state index < -0.39 is 0 Å². The maximum atomic E-state index is 10.0. The number of aromatic nitrogens is 1. The van der Waals surface area contributed by atoms with Gasteiger partial charge in [-0.2, -0.15) is 0 Å². The molecule has 0 fully saturated rings. The number of carbonyl (C=O) groups excluding carboxylic acids is 1. The summed E-state index contributed by atoms with van der Waals surface area (Å²) < 4.78 is 1.98. The van der Waals surface area contributed by atoms with E-state index in [4.69, 9.17) is 0 Å². The first-order valence-corrected chi connectivity index (χ1v) is 3.55. The molecule has 0 aromatic carbocycles. The van der Waals surface area contributed by atoms with Crippen molar-refractivity contribution in [1.82, 2.24) is 0 Å². The van der Waals surface area contributed by atoms with Crippen molar-refractivity contribution in [2.75, 3.05) is 0 Å². The van der Waals surface area contributed by atoms with E-state index in [2.05, 4.69) is 0 Å². The van der Waals surface area contributed by atoms with Gasteiger partial charge in [-0.1, -0.05) is 0 Å². The molecule has 0 amide bonds. The summed E-state index contributed by atoms with van der Waals surface area (Å²) in [5, 5.41) is 1.97. The summed E-state index contributed by atoms with van der Waals surface area (Å²) >= 11 is 1.60. The highest BCUT2D eigenvalue weighted by molar-refractivity contribution is 6.99. The van der Waals surface area contributed by atoms with Crippen LogP contribution < -0.4 is 3.96 Å². The van der Waals surface area contributed by atoms with Gasteiger partial charge in [0.25, 0.3) is 0 Å². The van der Waals surface area contributed by atoms with Crippen molar-refractivity contribution in [3.63, 3.8) is 0 Å². The van der Waals surface area contributed by atoms with E-state index in [9.17, 15) is 4.79 Å². The second-order valence-corrected chi connectivity index (χ2v) is 2.80. The predicted molar refractivity (Wildman–Crippen MR) is 35.3 cm³/mol. The molecule has 0 atom stereocenters. The molecule has 3 heteroatoms. The molecule has 0 unspecified atom stereocenters. The summed E-state index contributed by atoms with van der Waals surface area (Å²) in [6, 6.07) is 1.96. The molecule has 0 bridgehead atoms. The average molecular weight is 142 g/mol. The first-order valence-electron chi connectivity index (χ1n) is 2.71. The van der Waals surface area contributed by atoms with Crippen LogP contribution >= 0.6 is 11.5 Å². The van der Waals surface area contributed by atoms with Crippen LogP contribution in [0.5, 0.6) is 0 Å². The monoisotopic (exact) mass is 142 g/mol. The van der Waals surface area contributed by atoms with Crippen molar-refractivity contribution in [3.05, 3.63) is 17.1 Å². The highest BCUT2D eigenvalue weighted by Gasteiger charge is 2.04. The Morgan fingerprint density at radius 3 is 3.11 bits per heavy atom.